The van der Waals surface area contributed by atoms with Gasteiger partial charge in [-0.1, -0.05) is 26.0 Å². The van der Waals surface area contributed by atoms with Crippen LogP contribution in [0.2, 0.25) is 0 Å². The summed E-state index contributed by atoms with van der Waals surface area (Å²) in [4.78, 5) is 17.9. The van der Waals surface area contributed by atoms with Crippen molar-refractivity contribution in [1.82, 2.24) is 9.38 Å². The SMILES string of the molecule is CCC(CC)C(=O)Nc1cccc(-c2cn3c(C)csc3n2)c1. The molecule has 0 spiro atoms. The Bertz CT molecular complexity index is 830. The Labute approximate surface area is 140 Å². The van der Waals surface area contributed by atoms with Crippen LogP contribution in [0, 0.1) is 12.8 Å². The second kappa shape index (κ2) is 6.54. The Hall–Kier alpha value is -2.14. The number of nitrogens with zero attached hydrogens (tertiary/aromatic N) is 2. The first-order valence-electron chi connectivity index (χ1n) is 7.96. The molecular weight excluding hydrogens is 306 g/mol. The number of imidazole rings is 1. The highest BCUT2D eigenvalue weighted by molar-refractivity contribution is 7.15. The largest absolute Gasteiger partial charge is 0.326 e. The van der Waals surface area contributed by atoms with Crippen LogP contribution in [0.3, 0.4) is 0 Å². The van der Waals surface area contributed by atoms with Crippen LogP contribution in [-0.2, 0) is 4.79 Å². The van der Waals surface area contributed by atoms with E-state index in [1.165, 1.54) is 5.69 Å². The van der Waals surface area contributed by atoms with Crippen molar-refractivity contribution in [3.63, 3.8) is 0 Å². The zero-order valence-electron chi connectivity index (χ0n) is 13.7. The zero-order valence-corrected chi connectivity index (χ0v) is 14.5. The van der Waals surface area contributed by atoms with E-state index in [0.29, 0.717) is 0 Å². The molecule has 3 aromatic rings. The van der Waals surface area contributed by atoms with Crippen LogP contribution in [0.25, 0.3) is 16.2 Å². The Morgan fingerprint density at radius 3 is 2.83 bits per heavy atom. The smallest absolute Gasteiger partial charge is 0.227 e. The summed E-state index contributed by atoms with van der Waals surface area (Å²) < 4.78 is 2.09. The molecule has 0 unspecified atom stereocenters. The topological polar surface area (TPSA) is 46.4 Å². The quantitative estimate of drug-likeness (QED) is 0.735. The molecule has 2 aromatic heterocycles. The molecule has 1 N–H and O–H groups in total. The zero-order chi connectivity index (χ0) is 16.4. The van der Waals surface area contributed by atoms with Gasteiger partial charge in [-0.25, -0.2) is 4.98 Å². The summed E-state index contributed by atoms with van der Waals surface area (Å²) in [6.45, 7) is 6.16. The van der Waals surface area contributed by atoms with Gasteiger partial charge in [0.25, 0.3) is 0 Å². The molecule has 0 radical (unpaired) electrons. The highest BCUT2D eigenvalue weighted by Gasteiger charge is 2.14. The van der Waals surface area contributed by atoms with E-state index in [4.69, 9.17) is 0 Å². The van der Waals surface area contributed by atoms with Gasteiger partial charge in [-0.2, -0.15) is 0 Å². The number of rotatable bonds is 5. The fourth-order valence-corrected chi connectivity index (χ4v) is 3.54. The summed E-state index contributed by atoms with van der Waals surface area (Å²) in [7, 11) is 0. The van der Waals surface area contributed by atoms with Gasteiger partial charge in [-0.05, 0) is 31.9 Å². The minimum atomic E-state index is 0.0688. The summed E-state index contributed by atoms with van der Waals surface area (Å²) in [6.07, 6.45) is 3.76. The molecule has 0 aliphatic carbocycles. The third-order valence-corrected chi connectivity index (χ3v) is 5.13. The van der Waals surface area contributed by atoms with Crippen molar-refractivity contribution in [3.8, 4) is 11.3 Å². The number of carbonyl (C=O) groups excluding carboxylic acids is 1. The standard InChI is InChI=1S/C18H21N3OS/c1-4-13(5-2)17(22)19-15-8-6-7-14(9-15)16-10-21-12(3)11-23-18(21)20-16/h6-11,13H,4-5H2,1-3H3,(H,19,22). The second-order valence-electron chi connectivity index (χ2n) is 5.74. The maximum atomic E-state index is 12.2. The predicted octanol–water partition coefficient (Wildman–Crippen LogP) is 4.75. The van der Waals surface area contributed by atoms with Gasteiger partial charge in [0.15, 0.2) is 4.96 Å². The number of thiazole rings is 1. The Morgan fingerprint density at radius 1 is 1.35 bits per heavy atom. The first kappa shape index (κ1) is 15.7. The van der Waals surface area contributed by atoms with Crippen molar-refractivity contribution in [1.29, 1.82) is 0 Å². The number of nitrogens with one attached hydrogen (secondary N) is 1. The molecule has 0 aliphatic rings. The molecule has 0 bridgehead atoms. The molecule has 0 saturated carbocycles. The van der Waals surface area contributed by atoms with E-state index in [2.05, 4.69) is 27.0 Å². The van der Waals surface area contributed by atoms with Crippen molar-refractivity contribution < 1.29 is 4.79 Å². The number of hydrogen-bond donors (Lipinski definition) is 1. The minimum absolute atomic E-state index is 0.0688. The van der Waals surface area contributed by atoms with Crippen LogP contribution in [0.5, 0.6) is 0 Å². The average Bonchev–Trinajstić information content (AvgIpc) is 3.11. The number of amides is 1. The molecule has 0 atom stereocenters. The second-order valence-corrected chi connectivity index (χ2v) is 6.58. The fourth-order valence-electron chi connectivity index (χ4n) is 2.69. The van der Waals surface area contributed by atoms with E-state index in [9.17, 15) is 4.79 Å². The monoisotopic (exact) mass is 327 g/mol. The minimum Gasteiger partial charge on any atom is -0.326 e. The van der Waals surface area contributed by atoms with Gasteiger partial charge in [0.05, 0.1) is 5.69 Å². The van der Waals surface area contributed by atoms with Gasteiger partial charge in [0.2, 0.25) is 5.91 Å². The van der Waals surface area contributed by atoms with Crippen molar-refractivity contribution in [2.24, 2.45) is 5.92 Å². The fraction of sp³-hybridized carbons (Fsp3) is 0.333. The number of hydrogen-bond acceptors (Lipinski definition) is 3. The molecule has 0 saturated heterocycles. The van der Waals surface area contributed by atoms with Gasteiger partial charge in [-0.3, -0.25) is 9.20 Å². The summed E-state index contributed by atoms with van der Waals surface area (Å²) in [6, 6.07) is 7.89. The van der Waals surface area contributed by atoms with E-state index in [1.54, 1.807) is 11.3 Å². The lowest BCUT2D eigenvalue weighted by Gasteiger charge is -2.13. The summed E-state index contributed by atoms with van der Waals surface area (Å²) in [5.74, 6) is 0.160. The number of anilines is 1. The molecule has 1 aromatic carbocycles. The first-order valence-corrected chi connectivity index (χ1v) is 8.84. The number of carbonyl (C=O) groups is 1. The maximum absolute atomic E-state index is 12.2. The third kappa shape index (κ3) is 3.15. The molecular formula is C18H21N3OS. The lowest BCUT2D eigenvalue weighted by molar-refractivity contribution is -0.120. The predicted molar refractivity (Wildman–Crippen MR) is 95.9 cm³/mol. The lowest BCUT2D eigenvalue weighted by atomic mass is 10.0. The van der Waals surface area contributed by atoms with Crippen molar-refractivity contribution in [2.75, 3.05) is 5.32 Å². The Morgan fingerprint density at radius 2 is 2.13 bits per heavy atom. The molecule has 0 fully saturated rings. The van der Waals surface area contributed by atoms with Crippen molar-refractivity contribution in [3.05, 3.63) is 41.5 Å². The van der Waals surface area contributed by atoms with Crippen LogP contribution in [0.1, 0.15) is 32.4 Å². The van der Waals surface area contributed by atoms with E-state index < -0.39 is 0 Å². The molecule has 120 valence electrons. The Kier molecular flexibility index (Phi) is 4.48. The molecule has 4 nitrogen and oxygen atoms in total. The molecule has 23 heavy (non-hydrogen) atoms. The Balaban J connectivity index is 1.86. The van der Waals surface area contributed by atoms with Crippen molar-refractivity contribution in [2.45, 2.75) is 33.6 Å². The van der Waals surface area contributed by atoms with Gasteiger partial charge in [0.1, 0.15) is 0 Å². The lowest BCUT2D eigenvalue weighted by Crippen LogP contribution is -2.21. The number of benzene rings is 1. The van der Waals surface area contributed by atoms with Gasteiger partial charge in [-0.15, -0.1) is 11.3 Å². The van der Waals surface area contributed by atoms with E-state index >= 15 is 0 Å². The van der Waals surface area contributed by atoms with Gasteiger partial charge < -0.3 is 5.32 Å². The molecule has 5 heteroatoms. The summed E-state index contributed by atoms with van der Waals surface area (Å²) >= 11 is 1.64. The van der Waals surface area contributed by atoms with Gasteiger partial charge >= 0.3 is 0 Å². The molecule has 1 amide bonds. The molecule has 3 rings (SSSR count). The average molecular weight is 327 g/mol. The van der Waals surface area contributed by atoms with Crippen molar-refractivity contribution >= 4 is 27.9 Å². The summed E-state index contributed by atoms with van der Waals surface area (Å²) in [5.41, 5.74) is 3.95. The van der Waals surface area contributed by atoms with Crippen LogP contribution in [-0.4, -0.2) is 15.3 Å². The highest BCUT2D eigenvalue weighted by atomic mass is 32.1. The van der Waals surface area contributed by atoms with Gasteiger partial charge in [0, 0.05) is 34.4 Å². The van der Waals surface area contributed by atoms with Crippen LogP contribution < -0.4 is 5.32 Å². The van der Waals surface area contributed by atoms with E-state index in [-0.39, 0.29) is 11.8 Å². The van der Waals surface area contributed by atoms with Crippen LogP contribution in [0.4, 0.5) is 5.69 Å². The molecule has 2 heterocycles. The third-order valence-electron chi connectivity index (χ3n) is 4.17. The number of fused-ring (bicyclic) bond motifs is 1. The van der Waals surface area contributed by atoms with E-state index in [0.717, 1.165) is 34.7 Å². The van der Waals surface area contributed by atoms with Crippen LogP contribution in [0.15, 0.2) is 35.8 Å². The summed E-state index contributed by atoms with van der Waals surface area (Å²) in [5, 5.41) is 5.12. The first-order chi connectivity index (χ1) is 11.1. The highest BCUT2D eigenvalue weighted by Crippen LogP contribution is 2.25. The maximum Gasteiger partial charge on any atom is 0.227 e. The van der Waals surface area contributed by atoms with Crippen LogP contribution >= 0.6 is 11.3 Å². The van der Waals surface area contributed by atoms with E-state index in [1.807, 2.05) is 44.3 Å². The number of aromatic nitrogens is 2. The normalized spacial score (nSPS) is 11.3. The number of aryl methyl sites for hydroxylation is 1. The molecule has 0 aliphatic heterocycles.